The molecule has 1 aliphatic carbocycles. The average Bonchev–Trinajstić information content (AvgIpc) is 3.25. The number of rotatable bonds is 5. The molecular weight excluding hydrogens is 290 g/mol. The zero-order valence-electron chi connectivity index (χ0n) is 12.6. The summed E-state index contributed by atoms with van der Waals surface area (Å²) in [6.45, 7) is 3.99. The number of amides is 1. The van der Waals surface area contributed by atoms with Crippen molar-refractivity contribution in [2.75, 3.05) is 6.54 Å². The molecule has 2 aromatic rings. The highest BCUT2D eigenvalue weighted by molar-refractivity contribution is 5.84. The minimum atomic E-state index is -2.58. The smallest absolute Gasteiger partial charge is 0.264 e. The molecule has 0 aromatic carbocycles. The monoisotopic (exact) mass is 308 g/mol. The molecule has 2 heterocycles. The van der Waals surface area contributed by atoms with E-state index in [1.807, 2.05) is 6.92 Å². The molecule has 5 nitrogen and oxygen atoms in total. The second-order valence-corrected chi connectivity index (χ2v) is 5.61. The van der Waals surface area contributed by atoms with Crippen molar-refractivity contribution >= 4 is 16.9 Å². The first kappa shape index (κ1) is 14.9. The highest BCUT2D eigenvalue weighted by atomic mass is 19.3. The lowest BCUT2D eigenvalue weighted by atomic mass is 10.1. The average molecular weight is 308 g/mol. The van der Waals surface area contributed by atoms with Gasteiger partial charge in [0.15, 0.2) is 5.65 Å². The van der Waals surface area contributed by atoms with Crippen molar-refractivity contribution in [3.63, 3.8) is 0 Å². The molecule has 0 unspecified atom stereocenters. The number of alkyl halides is 2. The molecule has 0 aliphatic heterocycles. The first-order valence-corrected chi connectivity index (χ1v) is 7.44. The molecular formula is C15H18F2N4O. The molecule has 0 saturated heterocycles. The lowest BCUT2D eigenvalue weighted by Crippen LogP contribution is -2.27. The van der Waals surface area contributed by atoms with Crippen LogP contribution in [0.3, 0.4) is 0 Å². The summed E-state index contributed by atoms with van der Waals surface area (Å²) in [5, 5.41) is 7.28. The zero-order chi connectivity index (χ0) is 15.9. The number of likely N-dealkylation sites (N-methyl/N-ethyl adjacent to an activating group) is 1. The Kier molecular flexibility index (Phi) is 3.80. The third kappa shape index (κ3) is 2.67. The molecule has 1 amide bonds. The SMILES string of the molecule is CCNC(=O)Cn1nc(C)c2c(C(F)F)cc(C3CC3)nc21. The van der Waals surface area contributed by atoms with E-state index in [1.54, 1.807) is 6.92 Å². The zero-order valence-corrected chi connectivity index (χ0v) is 12.6. The lowest BCUT2D eigenvalue weighted by molar-refractivity contribution is -0.121. The van der Waals surface area contributed by atoms with E-state index in [2.05, 4.69) is 15.4 Å². The first-order chi connectivity index (χ1) is 10.5. The Balaban J connectivity index is 2.11. The molecule has 7 heteroatoms. The number of carbonyl (C=O) groups is 1. The van der Waals surface area contributed by atoms with Crippen molar-refractivity contribution in [3.05, 3.63) is 23.0 Å². The molecule has 3 rings (SSSR count). The topological polar surface area (TPSA) is 59.8 Å². The molecule has 0 spiro atoms. The molecule has 0 atom stereocenters. The van der Waals surface area contributed by atoms with Gasteiger partial charge in [-0.05, 0) is 32.8 Å². The van der Waals surface area contributed by atoms with E-state index in [0.29, 0.717) is 29.0 Å². The molecule has 1 N–H and O–H groups in total. The summed E-state index contributed by atoms with van der Waals surface area (Å²) in [5.74, 6) is 0.0548. The van der Waals surface area contributed by atoms with E-state index in [-0.39, 0.29) is 23.9 Å². The van der Waals surface area contributed by atoms with Crippen molar-refractivity contribution in [3.8, 4) is 0 Å². The highest BCUT2D eigenvalue weighted by Crippen LogP contribution is 2.41. The number of nitrogens with one attached hydrogen (secondary N) is 1. The Hall–Kier alpha value is -2.05. The van der Waals surface area contributed by atoms with Crippen molar-refractivity contribution in [2.24, 2.45) is 0 Å². The van der Waals surface area contributed by atoms with Gasteiger partial charge in [-0.1, -0.05) is 0 Å². The van der Waals surface area contributed by atoms with Gasteiger partial charge in [0.05, 0.1) is 11.1 Å². The number of hydrogen-bond acceptors (Lipinski definition) is 3. The summed E-state index contributed by atoms with van der Waals surface area (Å²) in [6.07, 6.45) is -0.626. The second-order valence-electron chi connectivity index (χ2n) is 5.61. The van der Waals surface area contributed by atoms with Crippen molar-refractivity contribution in [2.45, 2.75) is 45.6 Å². The predicted octanol–water partition coefficient (Wildman–Crippen LogP) is 2.69. The van der Waals surface area contributed by atoms with Crippen molar-refractivity contribution in [1.29, 1.82) is 0 Å². The number of nitrogens with zero attached hydrogens (tertiary/aromatic N) is 3. The Morgan fingerprint density at radius 3 is 2.82 bits per heavy atom. The second kappa shape index (κ2) is 5.62. The van der Waals surface area contributed by atoms with Crippen LogP contribution in [0.25, 0.3) is 11.0 Å². The molecule has 0 radical (unpaired) electrons. The quantitative estimate of drug-likeness (QED) is 0.924. The molecule has 1 saturated carbocycles. The van der Waals surface area contributed by atoms with E-state index < -0.39 is 6.43 Å². The Labute approximate surface area is 126 Å². The van der Waals surface area contributed by atoms with E-state index in [1.165, 1.54) is 10.7 Å². The van der Waals surface area contributed by atoms with Crippen LogP contribution < -0.4 is 5.32 Å². The van der Waals surface area contributed by atoms with Crippen LogP contribution in [0, 0.1) is 6.92 Å². The van der Waals surface area contributed by atoms with Crippen LogP contribution in [0.2, 0.25) is 0 Å². The molecule has 2 aromatic heterocycles. The fraction of sp³-hybridized carbons (Fsp3) is 0.533. The van der Waals surface area contributed by atoms with Gasteiger partial charge in [-0.15, -0.1) is 0 Å². The fourth-order valence-electron chi connectivity index (χ4n) is 2.67. The van der Waals surface area contributed by atoms with Gasteiger partial charge in [0, 0.05) is 23.7 Å². The van der Waals surface area contributed by atoms with Gasteiger partial charge in [0.25, 0.3) is 6.43 Å². The van der Waals surface area contributed by atoms with Gasteiger partial charge in [0.1, 0.15) is 6.54 Å². The maximum Gasteiger partial charge on any atom is 0.264 e. The first-order valence-electron chi connectivity index (χ1n) is 7.44. The molecule has 0 bridgehead atoms. The van der Waals surface area contributed by atoms with Gasteiger partial charge in [-0.2, -0.15) is 5.10 Å². The molecule has 1 aliphatic rings. The van der Waals surface area contributed by atoms with Crippen LogP contribution in [0.5, 0.6) is 0 Å². The Morgan fingerprint density at radius 2 is 2.23 bits per heavy atom. The van der Waals surface area contributed by atoms with Gasteiger partial charge in [0.2, 0.25) is 5.91 Å². The number of hydrogen-bond donors (Lipinski definition) is 1. The number of carbonyl (C=O) groups excluding carboxylic acids is 1. The van der Waals surface area contributed by atoms with Gasteiger partial charge in [-0.25, -0.2) is 18.4 Å². The summed E-state index contributed by atoms with van der Waals surface area (Å²) in [5.41, 5.74) is 1.50. The highest BCUT2D eigenvalue weighted by Gasteiger charge is 2.29. The van der Waals surface area contributed by atoms with E-state index in [9.17, 15) is 13.6 Å². The number of aromatic nitrogens is 3. The maximum atomic E-state index is 13.4. The maximum absolute atomic E-state index is 13.4. The molecule has 1 fully saturated rings. The van der Waals surface area contributed by atoms with Gasteiger partial charge < -0.3 is 5.32 Å². The third-order valence-electron chi connectivity index (χ3n) is 3.83. The summed E-state index contributed by atoms with van der Waals surface area (Å²) < 4.78 is 28.2. The lowest BCUT2D eigenvalue weighted by Gasteiger charge is -2.08. The largest absolute Gasteiger partial charge is 0.355 e. The minimum absolute atomic E-state index is 0.0119. The molecule has 22 heavy (non-hydrogen) atoms. The fourth-order valence-corrected chi connectivity index (χ4v) is 2.67. The van der Waals surface area contributed by atoms with E-state index >= 15 is 0 Å². The number of fused-ring (bicyclic) bond motifs is 1. The van der Waals surface area contributed by atoms with Crippen molar-refractivity contribution < 1.29 is 13.6 Å². The van der Waals surface area contributed by atoms with Crippen LogP contribution in [0.1, 0.15) is 49.1 Å². The van der Waals surface area contributed by atoms with E-state index in [4.69, 9.17) is 0 Å². The third-order valence-corrected chi connectivity index (χ3v) is 3.83. The summed E-state index contributed by atoms with van der Waals surface area (Å²) in [7, 11) is 0. The Morgan fingerprint density at radius 1 is 1.50 bits per heavy atom. The summed E-state index contributed by atoms with van der Waals surface area (Å²) in [4.78, 5) is 16.3. The van der Waals surface area contributed by atoms with Crippen LogP contribution in [-0.4, -0.2) is 27.2 Å². The number of halogens is 2. The summed E-state index contributed by atoms with van der Waals surface area (Å²) in [6, 6.07) is 1.50. The molecule has 118 valence electrons. The standard InChI is InChI=1S/C15H18F2N4O/c1-3-18-12(22)7-21-15-13(8(2)20-21)10(14(16)17)6-11(19-15)9-4-5-9/h6,9,14H,3-5,7H2,1-2H3,(H,18,22). The minimum Gasteiger partial charge on any atom is -0.355 e. The van der Waals surface area contributed by atoms with Crippen molar-refractivity contribution in [1.82, 2.24) is 20.1 Å². The van der Waals surface area contributed by atoms with Gasteiger partial charge in [-0.3, -0.25) is 4.79 Å². The van der Waals surface area contributed by atoms with Crippen LogP contribution in [0.15, 0.2) is 6.07 Å². The Bertz CT molecular complexity index is 722. The van der Waals surface area contributed by atoms with Crippen LogP contribution in [-0.2, 0) is 11.3 Å². The predicted molar refractivity (Wildman–Crippen MR) is 77.9 cm³/mol. The number of pyridine rings is 1. The number of aryl methyl sites for hydroxylation is 1. The normalized spacial score (nSPS) is 14.8. The van der Waals surface area contributed by atoms with Crippen LogP contribution in [0.4, 0.5) is 8.78 Å². The van der Waals surface area contributed by atoms with Gasteiger partial charge >= 0.3 is 0 Å². The van der Waals surface area contributed by atoms with Crippen LogP contribution >= 0.6 is 0 Å². The summed E-state index contributed by atoms with van der Waals surface area (Å²) >= 11 is 0. The van der Waals surface area contributed by atoms with E-state index in [0.717, 1.165) is 12.8 Å².